The van der Waals surface area contributed by atoms with E-state index in [1.165, 1.54) is 6.20 Å². The van der Waals surface area contributed by atoms with Gasteiger partial charge in [0, 0.05) is 12.6 Å². The van der Waals surface area contributed by atoms with Crippen LogP contribution in [0.5, 0.6) is 0 Å². The van der Waals surface area contributed by atoms with Gasteiger partial charge in [-0.25, -0.2) is 0 Å². The van der Waals surface area contributed by atoms with Crippen LogP contribution < -0.4 is 10.6 Å². The molecular formula is C9H15ClN4OS. The number of aromatic nitrogens is 2. The second-order valence-corrected chi connectivity index (χ2v) is 4.62. The first-order valence-corrected chi connectivity index (χ1v) is 5.83. The Balaban J connectivity index is 0.00000128. The summed E-state index contributed by atoms with van der Waals surface area (Å²) < 4.78 is 3.67. The van der Waals surface area contributed by atoms with Gasteiger partial charge in [-0.05, 0) is 30.4 Å². The van der Waals surface area contributed by atoms with Crippen molar-refractivity contribution in [2.45, 2.75) is 19.4 Å². The summed E-state index contributed by atoms with van der Waals surface area (Å²) in [6, 6.07) is 0.216. The van der Waals surface area contributed by atoms with Gasteiger partial charge in [-0.2, -0.15) is 0 Å². The fourth-order valence-corrected chi connectivity index (χ4v) is 2.11. The monoisotopic (exact) mass is 262 g/mol. The van der Waals surface area contributed by atoms with Gasteiger partial charge in [0.15, 0.2) is 0 Å². The first-order chi connectivity index (χ1) is 7.27. The van der Waals surface area contributed by atoms with Gasteiger partial charge in [-0.1, -0.05) is 11.4 Å². The van der Waals surface area contributed by atoms with Crippen LogP contribution >= 0.6 is 23.9 Å². The molecule has 1 saturated heterocycles. The van der Waals surface area contributed by atoms with Crippen molar-refractivity contribution in [2.24, 2.45) is 5.92 Å². The van der Waals surface area contributed by atoms with Crippen molar-refractivity contribution < 1.29 is 4.79 Å². The third kappa shape index (κ3) is 3.13. The summed E-state index contributed by atoms with van der Waals surface area (Å²) >= 11 is 1.13. The lowest BCUT2D eigenvalue weighted by atomic mass is 9.95. The fraction of sp³-hybridized carbons (Fsp3) is 0.667. The van der Waals surface area contributed by atoms with E-state index in [4.69, 9.17) is 0 Å². The molecule has 1 aromatic heterocycles. The Labute approximate surface area is 105 Å². The predicted molar refractivity (Wildman–Crippen MR) is 65.1 cm³/mol. The van der Waals surface area contributed by atoms with Crippen LogP contribution in [0.3, 0.4) is 0 Å². The lowest BCUT2D eigenvalue weighted by Gasteiger charge is -2.29. The van der Waals surface area contributed by atoms with Gasteiger partial charge in [-0.15, -0.1) is 17.5 Å². The molecule has 0 aliphatic carbocycles. The normalized spacial score (nSPS) is 24.6. The van der Waals surface area contributed by atoms with Gasteiger partial charge in [0.2, 0.25) is 0 Å². The summed E-state index contributed by atoms with van der Waals surface area (Å²) in [7, 11) is 0. The largest absolute Gasteiger partial charge is 0.347 e. The van der Waals surface area contributed by atoms with E-state index in [1.807, 2.05) is 0 Å². The standard InChI is InChI=1S/C9H14N4OS.ClH/c1-6-2-3-10-4-7(6)12-9(14)8-5-11-13-15-8;/h5-7,10H,2-4H2,1H3,(H,12,14);1H. The molecular weight excluding hydrogens is 248 g/mol. The molecule has 1 aliphatic rings. The first kappa shape index (κ1) is 13.3. The van der Waals surface area contributed by atoms with Gasteiger partial charge >= 0.3 is 0 Å². The van der Waals surface area contributed by atoms with Gasteiger partial charge in [0.1, 0.15) is 4.88 Å². The summed E-state index contributed by atoms with van der Waals surface area (Å²) in [5.74, 6) is 0.460. The number of piperidine rings is 1. The van der Waals surface area contributed by atoms with Crippen molar-refractivity contribution >= 4 is 29.8 Å². The van der Waals surface area contributed by atoms with Gasteiger partial charge < -0.3 is 10.6 Å². The van der Waals surface area contributed by atoms with Crippen LogP contribution in [-0.2, 0) is 0 Å². The molecule has 0 saturated carbocycles. The Morgan fingerprint density at radius 2 is 2.50 bits per heavy atom. The van der Waals surface area contributed by atoms with Gasteiger partial charge in [0.05, 0.1) is 6.20 Å². The third-order valence-electron chi connectivity index (χ3n) is 2.73. The summed E-state index contributed by atoms with van der Waals surface area (Å²) in [6.45, 7) is 4.05. The molecule has 0 spiro atoms. The Kier molecular flexibility index (Phi) is 5.11. The van der Waals surface area contributed by atoms with Crippen molar-refractivity contribution in [2.75, 3.05) is 13.1 Å². The van der Waals surface area contributed by atoms with Crippen LogP contribution in [0.4, 0.5) is 0 Å². The highest BCUT2D eigenvalue weighted by Gasteiger charge is 2.23. The molecule has 2 unspecified atom stereocenters. The lowest BCUT2D eigenvalue weighted by molar-refractivity contribution is 0.0919. The Bertz CT molecular complexity index is 332. The molecule has 7 heteroatoms. The second-order valence-electron chi connectivity index (χ2n) is 3.83. The summed E-state index contributed by atoms with van der Waals surface area (Å²) in [6.07, 6.45) is 2.60. The average molecular weight is 263 g/mol. The van der Waals surface area contributed by atoms with Crippen LogP contribution in [-0.4, -0.2) is 34.6 Å². The number of hydrogen-bond donors (Lipinski definition) is 2. The van der Waals surface area contributed by atoms with Crippen molar-refractivity contribution in [3.63, 3.8) is 0 Å². The zero-order valence-corrected chi connectivity index (χ0v) is 10.6. The maximum atomic E-state index is 11.7. The van der Waals surface area contributed by atoms with Crippen LogP contribution in [0.15, 0.2) is 6.20 Å². The minimum absolute atomic E-state index is 0. The van der Waals surface area contributed by atoms with Gasteiger partial charge in [0.25, 0.3) is 5.91 Å². The molecule has 1 aromatic rings. The molecule has 2 heterocycles. The first-order valence-electron chi connectivity index (χ1n) is 5.06. The lowest BCUT2D eigenvalue weighted by Crippen LogP contribution is -2.50. The van der Waals surface area contributed by atoms with E-state index in [0.717, 1.165) is 31.0 Å². The molecule has 5 nitrogen and oxygen atoms in total. The number of halogens is 1. The number of nitrogens with zero attached hydrogens (tertiary/aromatic N) is 2. The maximum absolute atomic E-state index is 11.7. The molecule has 0 radical (unpaired) electrons. The van der Waals surface area contributed by atoms with E-state index in [2.05, 4.69) is 27.1 Å². The van der Waals surface area contributed by atoms with E-state index in [9.17, 15) is 4.79 Å². The number of carbonyl (C=O) groups excluding carboxylic acids is 1. The van der Waals surface area contributed by atoms with E-state index >= 15 is 0 Å². The van der Waals surface area contributed by atoms with Crippen LogP contribution in [0, 0.1) is 5.92 Å². The van der Waals surface area contributed by atoms with E-state index in [0.29, 0.717) is 10.8 Å². The van der Waals surface area contributed by atoms with Crippen LogP contribution in [0.25, 0.3) is 0 Å². The minimum Gasteiger partial charge on any atom is -0.347 e. The highest BCUT2D eigenvalue weighted by atomic mass is 35.5. The van der Waals surface area contributed by atoms with Gasteiger partial charge in [-0.3, -0.25) is 4.79 Å². The SMILES string of the molecule is CC1CCNCC1NC(=O)c1cnns1.Cl. The maximum Gasteiger partial charge on any atom is 0.264 e. The van der Waals surface area contributed by atoms with Crippen LogP contribution in [0.2, 0.25) is 0 Å². The molecule has 2 rings (SSSR count). The summed E-state index contributed by atoms with van der Waals surface area (Å²) in [5.41, 5.74) is 0. The highest BCUT2D eigenvalue weighted by molar-refractivity contribution is 7.07. The third-order valence-corrected chi connectivity index (χ3v) is 3.39. The zero-order chi connectivity index (χ0) is 10.7. The number of hydrogen-bond acceptors (Lipinski definition) is 5. The predicted octanol–water partition coefficient (Wildman–Crippen LogP) is 0.688. The molecule has 1 fully saturated rings. The van der Waals surface area contributed by atoms with E-state index in [1.54, 1.807) is 0 Å². The summed E-state index contributed by atoms with van der Waals surface area (Å²) in [4.78, 5) is 12.3. The average Bonchev–Trinajstić information content (AvgIpc) is 2.74. The molecule has 90 valence electrons. The fourth-order valence-electron chi connectivity index (χ4n) is 1.69. The molecule has 0 aromatic carbocycles. The zero-order valence-electron chi connectivity index (χ0n) is 8.97. The number of nitrogens with one attached hydrogen (secondary N) is 2. The molecule has 2 N–H and O–H groups in total. The Hall–Kier alpha value is -0.720. The van der Waals surface area contributed by atoms with Crippen molar-refractivity contribution in [1.29, 1.82) is 0 Å². The van der Waals surface area contributed by atoms with Crippen LogP contribution in [0.1, 0.15) is 23.0 Å². The molecule has 2 atom stereocenters. The van der Waals surface area contributed by atoms with E-state index in [-0.39, 0.29) is 24.4 Å². The number of amides is 1. The Morgan fingerprint density at radius 1 is 1.69 bits per heavy atom. The molecule has 16 heavy (non-hydrogen) atoms. The highest BCUT2D eigenvalue weighted by Crippen LogP contribution is 2.12. The minimum atomic E-state index is -0.0643. The topological polar surface area (TPSA) is 66.9 Å². The summed E-state index contributed by atoms with van der Waals surface area (Å²) in [5, 5.41) is 9.92. The molecule has 1 aliphatic heterocycles. The molecule has 0 bridgehead atoms. The molecule has 1 amide bonds. The smallest absolute Gasteiger partial charge is 0.264 e. The van der Waals surface area contributed by atoms with Crippen molar-refractivity contribution in [3.05, 3.63) is 11.1 Å². The quantitative estimate of drug-likeness (QED) is 0.823. The van der Waals surface area contributed by atoms with Crippen molar-refractivity contribution in [1.82, 2.24) is 20.2 Å². The van der Waals surface area contributed by atoms with E-state index < -0.39 is 0 Å². The van der Waals surface area contributed by atoms with Crippen molar-refractivity contribution in [3.8, 4) is 0 Å². The Morgan fingerprint density at radius 3 is 3.12 bits per heavy atom. The number of carbonyl (C=O) groups is 1. The number of rotatable bonds is 2. The second kappa shape index (κ2) is 6.12.